The number of rotatable bonds is 1. The third kappa shape index (κ3) is 1.00. The summed E-state index contributed by atoms with van der Waals surface area (Å²) in [5.74, 6) is 1.48. The summed E-state index contributed by atoms with van der Waals surface area (Å²) in [7, 11) is 1.60. The lowest BCUT2D eigenvalue weighted by Crippen LogP contribution is -1.95. The maximum atomic E-state index is 4.94. The Morgan fingerprint density at radius 1 is 1.55 bits per heavy atom. The van der Waals surface area contributed by atoms with Crippen LogP contribution in [-0.2, 0) is 6.42 Å². The first kappa shape index (κ1) is 6.39. The van der Waals surface area contributed by atoms with E-state index in [1.54, 1.807) is 7.11 Å². The molecule has 0 saturated heterocycles. The van der Waals surface area contributed by atoms with Gasteiger partial charge >= 0.3 is 0 Å². The van der Waals surface area contributed by atoms with Crippen LogP contribution in [0, 0.1) is 0 Å². The van der Waals surface area contributed by atoms with E-state index in [9.17, 15) is 0 Å². The van der Waals surface area contributed by atoms with Gasteiger partial charge in [-0.2, -0.15) is 0 Å². The molecule has 1 aromatic heterocycles. The van der Waals surface area contributed by atoms with Crippen LogP contribution in [0.4, 0.5) is 5.82 Å². The number of anilines is 1. The Kier molecular flexibility index (Phi) is 1.38. The van der Waals surface area contributed by atoms with Crippen molar-refractivity contribution < 1.29 is 4.74 Å². The number of nitrogens with zero attached hydrogens (tertiary/aromatic N) is 2. The molecule has 0 saturated carbocycles. The molecule has 2 heterocycles. The van der Waals surface area contributed by atoms with E-state index in [4.69, 9.17) is 4.74 Å². The largest absolute Gasteiger partial charge is 0.480 e. The van der Waals surface area contributed by atoms with Gasteiger partial charge in [0.2, 0.25) is 5.88 Å². The van der Waals surface area contributed by atoms with Crippen molar-refractivity contribution in [2.45, 2.75) is 6.42 Å². The standard InChI is InChI=1S/C7H9N3O/c1-11-6-4-5-2-3-8-7(5)10-9-6/h4H,2-3H2,1H3,(H,8,10). The molecule has 1 aromatic rings. The summed E-state index contributed by atoms with van der Waals surface area (Å²) >= 11 is 0. The average molecular weight is 151 g/mol. The highest BCUT2D eigenvalue weighted by Gasteiger charge is 2.12. The fourth-order valence-corrected chi connectivity index (χ4v) is 1.16. The van der Waals surface area contributed by atoms with Crippen LogP contribution in [0.2, 0.25) is 0 Å². The monoisotopic (exact) mass is 151 g/mol. The summed E-state index contributed by atoms with van der Waals surface area (Å²) in [6.07, 6.45) is 1.02. The Morgan fingerprint density at radius 3 is 3.27 bits per heavy atom. The van der Waals surface area contributed by atoms with Gasteiger partial charge in [-0.3, -0.25) is 0 Å². The van der Waals surface area contributed by atoms with Gasteiger partial charge in [-0.25, -0.2) is 0 Å². The number of nitrogens with one attached hydrogen (secondary N) is 1. The van der Waals surface area contributed by atoms with Crippen molar-refractivity contribution in [2.24, 2.45) is 0 Å². The van der Waals surface area contributed by atoms with Crippen molar-refractivity contribution >= 4 is 5.82 Å². The molecule has 0 bridgehead atoms. The number of methoxy groups -OCH3 is 1. The normalized spacial score (nSPS) is 13.9. The van der Waals surface area contributed by atoms with Crippen LogP contribution in [0.3, 0.4) is 0 Å². The molecular weight excluding hydrogens is 142 g/mol. The van der Waals surface area contributed by atoms with E-state index in [0.29, 0.717) is 5.88 Å². The molecule has 0 fully saturated rings. The zero-order chi connectivity index (χ0) is 7.68. The first-order valence-corrected chi connectivity index (χ1v) is 3.54. The minimum absolute atomic E-state index is 0.590. The van der Waals surface area contributed by atoms with Crippen LogP contribution >= 0.6 is 0 Å². The zero-order valence-electron chi connectivity index (χ0n) is 6.29. The lowest BCUT2D eigenvalue weighted by atomic mass is 10.2. The number of fused-ring (bicyclic) bond motifs is 1. The molecule has 0 unspecified atom stereocenters. The van der Waals surface area contributed by atoms with Crippen molar-refractivity contribution in [1.29, 1.82) is 0 Å². The molecule has 4 nitrogen and oxygen atoms in total. The molecule has 0 amide bonds. The summed E-state index contributed by atoms with van der Waals surface area (Å²) in [6, 6.07) is 1.92. The average Bonchev–Trinajstić information content (AvgIpc) is 2.50. The maximum absolute atomic E-state index is 4.94. The van der Waals surface area contributed by atoms with Gasteiger partial charge in [0.15, 0.2) is 5.82 Å². The molecule has 11 heavy (non-hydrogen) atoms. The molecule has 0 aliphatic carbocycles. The molecule has 58 valence electrons. The predicted octanol–water partition coefficient (Wildman–Crippen LogP) is 0.453. The topological polar surface area (TPSA) is 47.0 Å². The molecular formula is C7H9N3O. The number of ether oxygens (including phenoxy) is 1. The van der Waals surface area contributed by atoms with E-state index in [0.717, 1.165) is 18.8 Å². The first-order chi connectivity index (χ1) is 5.40. The van der Waals surface area contributed by atoms with Gasteiger partial charge in [-0.1, -0.05) is 0 Å². The Balaban J connectivity index is 2.41. The second kappa shape index (κ2) is 2.38. The Hall–Kier alpha value is -1.32. The van der Waals surface area contributed by atoms with E-state index in [2.05, 4.69) is 15.5 Å². The van der Waals surface area contributed by atoms with Gasteiger partial charge in [-0.15, -0.1) is 10.2 Å². The Labute approximate surface area is 64.6 Å². The molecule has 0 atom stereocenters. The van der Waals surface area contributed by atoms with Crippen molar-refractivity contribution in [1.82, 2.24) is 10.2 Å². The Bertz CT molecular complexity index is 274. The fourth-order valence-electron chi connectivity index (χ4n) is 1.16. The smallest absolute Gasteiger partial charge is 0.233 e. The van der Waals surface area contributed by atoms with Gasteiger partial charge in [-0.05, 0) is 6.42 Å². The van der Waals surface area contributed by atoms with E-state index in [-0.39, 0.29) is 0 Å². The molecule has 0 aromatic carbocycles. The van der Waals surface area contributed by atoms with Crippen LogP contribution in [-0.4, -0.2) is 23.9 Å². The van der Waals surface area contributed by atoms with Crippen LogP contribution in [0.1, 0.15) is 5.56 Å². The number of aromatic nitrogens is 2. The first-order valence-electron chi connectivity index (χ1n) is 3.54. The molecule has 4 heteroatoms. The predicted molar refractivity (Wildman–Crippen MR) is 40.8 cm³/mol. The molecule has 2 rings (SSSR count). The lowest BCUT2D eigenvalue weighted by molar-refractivity contribution is 0.392. The van der Waals surface area contributed by atoms with Gasteiger partial charge in [0, 0.05) is 18.2 Å². The van der Waals surface area contributed by atoms with Gasteiger partial charge in [0.05, 0.1) is 7.11 Å². The summed E-state index contributed by atoms with van der Waals surface area (Å²) in [6.45, 7) is 0.956. The van der Waals surface area contributed by atoms with Crippen LogP contribution in [0.5, 0.6) is 5.88 Å². The third-order valence-corrected chi connectivity index (χ3v) is 1.75. The van der Waals surface area contributed by atoms with Crippen LogP contribution in [0.15, 0.2) is 6.07 Å². The van der Waals surface area contributed by atoms with Gasteiger partial charge in [0.1, 0.15) is 0 Å². The van der Waals surface area contributed by atoms with Crippen molar-refractivity contribution in [2.75, 3.05) is 19.0 Å². The van der Waals surface area contributed by atoms with Crippen LogP contribution < -0.4 is 10.1 Å². The lowest BCUT2D eigenvalue weighted by Gasteiger charge is -1.99. The summed E-state index contributed by atoms with van der Waals surface area (Å²) in [4.78, 5) is 0. The fraction of sp³-hybridized carbons (Fsp3) is 0.429. The highest BCUT2D eigenvalue weighted by Crippen LogP contribution is 2.20. The van der Waals surface area contributed by atoms with Crippen molar-refractivity contribution in [3.05, 3.63) is 11.6 Å². The third-order valence-electron chi connectivity index (χ3n) is 1.75. The van der Waals surface area contributed by atoms with Gasteiger partial charge < -0.3 is 10.1 Å². The zero-order valence-corrected chi connectivity index (χ0v) is 6.29. The maximum Gasteiger partial charge on any atom is 0.233 e. The minimum atomic E-state index is 0.590. The van der Waals surface area contributed by atoms with Crippen molar-refractivity contribution in [3.63, 3.8) is 0 Å². The van der Waals surface area contributed by atoms with E-state index in [1.165, 1.54) is 5.56 Å². The van der Waals surface area contributed by atoms with Crippen molar-refractivity contribution in [3.8, 4) is 5.88 Å². The van der Waals surface area contributed by atoms with E-state index < -0.39 is 0 Å². The minimum Gasteiger partial charge on any atom is -0.480 e. The molecule has 1 N–H and O–H groups in total. The SMILES string of the molecule is COc1cc2c(nn1)NCC2. The number of hydrogen-bond acceptors (Lipinski definition) is 4. The molecule has 1 aliphatic heterocycles. The van der Waals surface area contributed by atoms with E-state index >= 15 is 0 Å². The quantitative estimate of drug-likeness (QED) is 0.633. The molecule has 1 aliphatic rings. The molecule has 0 radical (unpaired) electrons. The van der Waals surface area contributed by atoms with E-state index in [1.807, 2.05) is 6.07 Å². The second-order valence-corrected chi connectivity index (χ2v) is 2.44. The molecule has 0 spiro atoms. The summed E-state index contributed by atoms with van der Waals surface area (Å²) in [5, 5.41) is 10.9. The highest BCUT2D eigenvalue weighted by molar-refractivity contribution is 5.49. The second-order valence-electron chi connectivity index (χ2n) is 2.44. The summed E-state index contributed by atoms with van der Waals surface area (Å²) in [5.41, 5.74) is 1.19. The van der Waals surface area contributed by atoms with Crippen LogP contribution in [0.25, 0.3) is 0 Å². The number of hydrogen-bond donors (Lipinski definition) is 1. The Morgan fingerprint density at radius 2 is 2.45 bits per heavy atom. The van der Waals surface area contributed by atoms with Gasteiger partial charge in [0.25, 0.3) is 0 Å². The summed E-state index contributed by atoms with van der Waals surface area (Å²) < 4.78 is 4.94. The highest BCUT2D eigenvalue weighted by atomic mass is 16.5.